The number of rotatable bonds is 3. The number of nitrogens with one attached hydrogen (secondary N) is 1. The van der Waals surface area contributed by atoms with E-state index in [2.05, 4.69) is 5.32 Å². The van der Waals surface area contributed by atoms with E-state index in [1.54, 1.807) is 36.4 Å². The molecule has 3 rings (SSSR count). The first-order valence-electron chi connectivity index (χ1n) is 6.13. The molecule has 1 aliphatic rings. The molecule has 0 atom stereocenters. The molecule has 2 heterocycles. The fraction of sp³-hybridized carbons (Fsp3) is 0. The van der Waals surface area contributed by atoms with Crippen LogP contribution in [-0.2, 0) is 4.79 Å². The summed E-state index contributed by atoms with van der Waals surface area (Å²) in [4.78, 5) is 22.6. The van der Waals surface area contributed by atoms with E-state index in [1.807, 2.05) is 0 Å². The number of para-hydroxylation sites is 1. The molecule has 110 valence electrons. The van der Waals surface area contributed by atoms with Crippen LogP contribution >= 0.6 is 24.0 Å². The van der Waals surface area contributed by atoms with Gasteiger partial charge in [0, 0.05) is 12.1 Å². The van der Waals surface area contributed by atoms with Crippen LogP contribution in [0.3, 0.4) is 0 Å². The fourth-order valence-electron chi connectivity index (χ4n) is 1.97. The quantitative estimate of drug-likeness (QED) is 0.401. The van der Waals surface area contributed by atoms with Crippen LogP contribution in [0.25, 0.3) is 17.4 Å². The molecule has 1 aliphatic heterocycles. The lowest BCUT2D eigenvalue weighted by atomic mass is 10.1. The number of carbonyl (C=O) groups is 1. The maximum Gasteiger partial charge on any atom is 0.280 e. The van der Waals surface area contributed by atoms with Gasteiger partial charge in [-0.05, 0) is 18.2 Å². The Bertz CT molecular complexity index is 826. The molecule has 1 aromatic heterocycles. The molecule has 0 unspecified atom stereocenters. The number of amides is 1. The Morgan fingerprint density at radius 3 is 2.73 bits per heavy atom. The summed E-state index contributed by atoms with van der Waals surface area (Å²) in [5.41, 5.74) is 0.349. The lowest BCUT2D eigenvalue weighted by molar-refractivity contribution is -0.384. The standard InChI is InChI=1S/C14H8N2O4S2/c17-13-12(22-14(21)15-13)7-8-5-6-11(20-8)9-3-1-2-4-10(9)16(18)19/h1-7H,(H,15,17,21)/b12-7-. The van der Waals surface area contributed by atoms with Crippen LogP contribution in [-0.4, -0.2) is 15.2 Å². The number of nitro groups is 1. The number of nitro benzene ring substituents is 1. The van der Waals surface area contributed by atoms with Crippen molar-refractivity contribution in [3.63, 3.8) is 0 Å². The first kappa shape index (κ1) is 14.5. The van der Waals surface area contributed by atoms with Gasteiger partial charge in [-0.15, -0.1) is 0 Å². The third kappa shape index (κ3) is 2.78. The summed E-state index contributed by atoms with van der Waals surface area (Å²) < 4.78 is 5.98. The van der Waals surface area contributed by atoms with Crippen molar-refractivity contribution >= 4 is 46.0 Å². The number of furan rings is 1. The Morgan fingerprint density at radius 2 is 2.05 bits per heavy atom. The van der Waals surface area contributed by atoms with Gasteiger partial charge in [0.15, 0.2) is 0 Å². The molecule has 1 aromatic carbocycles. The van der Waals surface area contributed by atoms with Gasteiger partial charge >= 0.3 is 0 Å². The van der Waals surface area contributed by atoms with Crippen molar-refractivity contribution in [1.82, 2.24) is 5.32 Å². The molecular formula is C14H8N2O4S2. The third-order valence-electron chi connectivity index (χ3n) is 2.91. The molecule has 0 bridgehead atoms. The van der Waals surface area contributed by atoms with Crippen LogP contribution < -0.4 is 5.32 Å². The van der Waals surface area contributed by atoms with E-state index in [0.29, 0.717) is 26.3 Å². The minimum absolute atomic E-state index is 0.0368. The van der Waals surface area contributed by atoms with Crippen molar-refractivity contribution in [2.45, 2.75) is 0 Å². The topological polar surface area (TPSA) is 85.4 Å². The Kier molecular flexibility index (Phi) is 3.78. The Hall–Kier alpha value is -2.45. The van der Waals surface area contributed by atoms with Crippen LogP contribution in [0.2, 0.25) is 0 Å². The Morgan fingerprint density at radius 1 is 1.27 bits per heavy atom. The highest BCUT2D eigenvalue weighted by Crippen LogP contribution is 2.32. The number of thiocarbonyl (C=S) groups is 1. The van der Waals surface area contributed by atoms with Crippen molar-refractivity contribution in [3.8, 4) is 11.3 Å². The van der Waals surface area contributed by atoms with Gasteiger partial charge < -0.3 is 9.73 Å². The summed E-state index contributed by atoms with van der Waals surface area (Å²) in [7, 11) is 0. The lowest BCUT2D eigenvalue weighted by Crippen LogP contribution is -2.17. The van der Waals surface area contributed by atoms with Crippen LogP contribution in [0.15, 0.2) is 45.7 Å². The molecule has 0 aliphatic carbocycles. The number of hydrogen-bond donors (Lipinski definition) is 1. The highest BCUT2D eigenvalue weighted by Gasteiger charge is 2.23. The highest BCUT2D eigenvalue weighted by molar-refractivity contribution is 8.26. The van der Waals surface area contributed by atoms with Crippen LogP contribution in [0.4, 0.5) is 5.69 Å². The first-order chi connectivity index (χ1) is 10.5. The van der Waals surface area contributed by atoms with Gasteiger partial charge in [-0.2, -0.15) is 0 Å². The monoisotopic (exact) mass is 332 g/mol. The van der Waals surface area contributed by atoms with E-state index < -0.39 is 4.92 Å². The van der Waals surface area contributed by atoms with E-state index in [9.17, 15) is 14.9 Å². The molecule has 6 nitrogen and oxygen atoms in total. The predicted octanol–water partition coefficient (Wildman–Crippen LogP) is 3.34. The van der Waals surface area contributed by atoms with Crippen molar-refractivity contribution in [1.29, 1.82) is 0 Å². The molecule has 0 saturated carbocycles. The zero-order chi connectivity index (χ0) is 15.7. The Balaban J connectivity index is 1.95. The molecule has 1 fully saturated rings. The van der Waals surface area contributed by atoms with Crippen LogP contribution in [0, 0.1) is 10.1 Å². The molecular weight excluding hydrogens is 324 g/mol. The molecule has 1 saturated heterocycles. The molecule has 0 radical (unpaired) electrons. The smallest absolute Gasteiger partial charge is 0.280 e. The summed E-state index contributed by atoms with van der Waals surface area (Å²) in [5, 5.41) is 13.5. The van der Waals surface area contributed by atoms with E-state index in [0.717, 1.165) is 11.8 Å². The second-order valence-electron chi connectivity index (χ2n) is 4.33. The molecule has 2 aromatic rings. The van der Waals surface area contributed by atoms with E-state index in [4.69, 9.17) is 16.6 Å². The van der Waals surface area contributed by atoms with Gasteiger partial charge in [0.05, 0.1) is 15.4 Å². The average molecular weight is 332 g/mol. The predicted molar refractivity (Wildman–Crippen MR) is 87.1 cm³/mol. The van der Waals surface area contributed by atoms with Gasteiger partial charge in [-0.25, -0.2) is 0 Å². The van der Waals surface area contributed by atoms with Crippen molar-refractivity contribution in [3.05, 3.63) is 57.2 Å². The van der Waals surface area contributed by atoms with Crippen molar-refractivity contribution < 1.29 is 14.1 Å². The lowest BCUT2D eigenvalue weighted by Gasteiger charge is -1.98. The fourth-order valence-corrected chi connectivity index (χ4v) is 2.99. The molecule has 22 heavy (non-hydrogen) atoms. The Labute approximate surface area is 134 Å². The number of benzene rings is 1. The van der Waals surface area contributed by atoms with Gasteiger partial charge in [-0.1, -0.05) is 36.1 Å². The maximum absolute atomic E-state index is 11.6. The number of nitrogens with zero attached hydrogens (tertiary/aromatic N) is 1. The maximum atomic E-state index is 11.6. The number of carbonyl (C=O) groups excluding carboxylic acids is 1. The minimum Gasteiger partial charge on any atom is -0.456 e. The van der Waals surface area contributed by atoms with Gasteiger partial charge in [0.2, 0.25) is 0 Å². The van der Waals surface area contributed by atoms with Crippen LogP contribution in [0.1, 0.15) is 5.76 Å². The third-order valence-corrected chi connectivity index (χ3v) is 4.07. The number of hydrogen-bond acceptors (Lipinski definition) is 6. The summed E-state index contributed by atoms with van der Waals surface area (Å²) in [6.45, 7) is 0. The second-order valence-corrected chi connectivity index (χ2v) is 6.05. The molecule has 8 heteroatoms. The van der Waals surface area contributed by atoms with Crippen molar-refractivity contribution in [2.75, 3.05) is 0 Å². The van der Waals surface area contributed by atoms with Gasteiger partial charge in [-0.3, -0.25) is 14.9 Å². The zero-order valence-electron chi connectivity index (χ0n) is 10.9. The van der Waals surface area contributed by atoms with Crippen LogP contribution in [0.5, 0.6) is 0 Å². The first-order valence-corrected chi connectivity index (χ1v) is 7.35. The van der Waals surface area contributed by atoms with Crippen molar-refractivity contribution in [2.24, 2.45) is 0 Å². The summed E-state index contributed by atoms with van der Waals surface area (Å²) in [6.07, 6.45) is 1.55. The average Bonchev–Trinajstić information content (AvgIpc) is 3.06. The summed E-state index contributed by atoms with van der Waals surface area (Å²) in [6, 6.07) is 9.59. The largest absolute Gasteiger partial charge is 0.456 e. The molecule has 1 N–H and O–H groups in total. The SMILES string of the molecule is O=C1NC(=S)S/C1=C\c1ccc(-c2ccccc2[N+](=O)[O-])o1. The van der Waals surface area contributed by atoms with E-state index in [1.165, 1.54) is 6.07 Å². The van der Waals surface area contributed by atoms with E-state index in [-0.39, 0.29) is 11.6 Å². The normalized spacial score (nSPS) is 16.1. The molecule has 0 spiro atoms. The van der Waals surface area contributed by atoms with Gasteiger partial charge in [0.25, 0.3) is 11.6 Å². The van der Waals surface area contributed by atoms with Gasteiger partial charge in [0.1, 0.15) is 15.8 Å². The summed E-state index contributed by atoms with van der Waals surface area (Å²) in [5.74, 6) is 0.513. The second kappa shape index (κ2) is 5.74. The summed E-state index contributed by atoms with van der Waals surface area (Å²) >= 11 is 6.05. The molecule has 1 amide bonds. The highest BCUT2D eigenvalue weighted by atomic mass is 32.2. The van der Waals surface area contributed by atoms with E-state index >= 15 is 0 Å². The number of thioether (sulfide) groups is 1. The zero-order valence-corrected chi connectivity index (χ0v) is 12.6. The minimum atomic E-state index is -0.464.